The SMILES string of the molecule is Cc1cn(-c2c(F)cccc2F)nc1C(=O)Nc1cccnc1N1CCOCC1. The number of aromatic nitrogens is 3. The Kier molecular flexibility index (Phi) is 5.22. The molecule has 1 aromatic carbocycles. The summed E-state index contributed by atoms with van der Waals surface area (Å²) in [5, 5.41) is 6.92. The van der Waals surface area contributed by atoms with Gasteiger partial charge in [-0.1, -0.05) is 6.07 Å². The number of amides is 1. The molecule has 1 saturated heterocycles. The van der Waals surface area contributed by atoms with Gasteiger partial charge >= 0.3 is 0 Å². The highest BCUT2D eigenvalue weighted by atomic mass is 19.1. The largest absolute Gasteiger partial charge is 0.378 e. The van der Waals surface area contributed by atoms with Crippen LogP contribution >= 0.6 is 0 Å². The van der Waals surface area contributed by atoms with Crippen molar-refractivity contribution >= 4 is 17.4 Å². The Balaban J connectivity index is 1.61. The van der Waals surface area contributed by atoms with Gasteiger partial charge in [0.1, 0.15) is 5.69 Å². The number of pyridine rings is 1. The predicted octanol–water partition coefficient (Wildman–Crippen LogP) is 2.94. The summed E-state index contributed by atoms with van der Waals surface area (Å²) < 4.78 is 34.5. The zero-order chi connectivity index (χ0) is 20.4. The van der Waals surface area contributed by atoms with Gasteiger partial charge in [0.2, 0.25) is 0 Å². The van der Waals surface area contributed by atoms with Crippen molar-refractivity contribution in [1.29, 1.82) is 0 Å². The molecule has 0 spiro atoms. The molecule has 9 heteroatoms. The van der Waals surface area contributed by atoms with Crippen molar-refractivity contribution in [2.45, 2.75) is 6.92 Å². The highest BCUT2D eigenvalue weighted by Gasteiger charge is 2.21. The van der Waals surface area contributed by atoms with E-state index in [9.17, 15) is 13.6 Å². The van der Waals surface area contributed by atoms with E-state index in [0.29, 0.717) is 43.4 Å². The number of rotatable bonds is 4. The molecule has 150 valence electrons. The molecule has 1 N–H and O–H groups in total. The Bertz CT molecular complexity index is 1030. The van der Waals surface area contributed by atoms with Crippen LogP contribution in [0.2, 0.25) is 0 Å². The van der Waals surface area contributed by atoms with Crippen LogP contribution in [0, 0.1) is 18.6 Å². The first-order valence-electron chi connectivity index (χ1n) is 9.14. The number of nitrogens with one attached hydrogen (secondary N) is 1. The molecule has 1 aliphatic heterocycles. The molecule has 0 saturated carbocycles. The van der Waals surface area contributed by atoms with Gasteiger partial charge in [-0.15, -0.1) is 0 Å². The molecular weight excluding hydrogens is 380 g/mol. The van der Waals surface area contributed by atoms with Crippen molar-refractivity contribution in [2.75, 3.05) is 36.5 Å². The van der Waals surface area contributed by atoms with Crippen LogP contribution in [0.1, 0.15) is 16.1 Å². The van der Waals surface area contributed by atoms with Crippen LogP contribution < -0.4 is 10.2 Å². The fourth-order valence-electron chi connectivity index (χ4n) is 3.21. The first kappa shape index (κ1) is 19.0. The minimum atomic E-state index is -0.763. The number of benzene rings is 1. The van der Waals surface area contributed by atoms with Crippen LogP contribution in [0.5, 0.6) is 0 Å². The van der Waals surface area contributed by atoms with E-state index in [-0.39, 0.29) is 11.4 Å². The summed E-state index contributed by atoms with van der Waals surface area (Å²) in [6.07, 6.45) is 3.07. The maximum atomic E-state index is 14.1. The molecule has 2 aromatic heterocycles. The molecule has 4 rings (SSSR count). The summed E-state index contributed by atoms with van der Waals surface area (Å²) in [6.45, 7) is 4.16. The number of halogens is 2. The van der Waals surface area contributed by atoms with Crippen molar-refractivity contribution in [3.05, 3.63) is 65.6 Å². The lowest BCUT2D eigenvalue weighted by Gasteiger charge is -2.29. The van der Waals surface area contributed by atoms with Crippen molar-refractivity contribution in [3.8, 4) is 5.69 Å². The normalized spacial score (nSPS) is 14.1. The maximum absolute atomic E-state index is 14.1. The number of morpholine rings is 1. The van der Waals surface area contributed by atoms with Crippen molar-refractivity contribution < 1.29 is 18.3 Å². The number of para-hydroxylation sites is 1. The third-order valence-electron chi connectivity index (χ3n) is 4.62. The molecule has 7 nitrogen and oxygen atoms in total. The Hall–Kier alpha value is -3.33. The summed E-state index contributed by atoms with van der Waals surface area (Å²) in [7, 11) is 0. The number of nitrogens with zero attached hydrogens (tertiary/aromatic N) is 4. The highest BCUT2D eigenvalue weighted by Crippen LogP contribution is 2.25. The van der Waals surface area contributed by atoms with Gasteiger partial charge in [-0.2, -0.15) is 5.10 Å². The zero-order valence-electron chi connectivity index (χ0n) is 15.7. The topological polar surface area (TPSA) is 72.3 Å². The average molecular weight is 399 g/mol. The van der Waals surface area contributed by atoms with E-state index in [1.165, 1.54) is 12.3 Å². The number of hydrogen-bond donors (Lipinski definition) is 1. The number of ether oxygens (including phenoxy) is 1. The third-order valence-corrected chi connectivity index (χ3v) is 4.62. The first-order valence-corrected chi connectivity index (χ1v) is 9.14. The molecule has 3 aromatic rings. The molecule has 1 fully saturated rings. The van der Waals surface area contributed by atoms with Gasteiger partial charge in [0.25, 0.3) is 5.91 Å². The van der Waals surface area contributed by atoms with E-state index in [2.05, 4.69) is 15.4 Å². The van der Waals surface area contributed by atoms with Crippen LogP contribution in [0.4, 0.5) is 20.3 Å². The summed E-state index contributed by atoms with van der Waals surface area (Å²) in [6, 6.07) is 7.02. The predicted molar refractivity (Wildman–Crippen MR) is 103 cm³/mol. The monoisotopic (exact) mass is 399 g/mol. The molecule has 0 radical (unpaired) electrons. The van der Waals surface area contributed by atoms with Crippen LogP contribution in [0.15, 0.2) is 42.7 Å². The fraction of sp³-hybridized carbons (Fsp3) is 0.250. The molecular formula is C20H19F2N5O2. The molecule has 0 bridgehead atoms. The standard InChI is InChI=1S/C20H19F2N5O2/c1-13-12-27(18-14(21)4-2-5-15(18)22)25-17(13)20(28)24-16-6-3-7-23-19(16)26-8-10-29-11-9-26/h2-7,12H,8-11H2,1H3,(H,24,28). The Morgan fingerprint density at radius 3 is 2.59 bits per heavy atom. The number of aryl methyl sites for hydroxylation is 1. The summed E-state index contributed by atoms with van der Waals surface area (Å²) in [4.78, 5) is 19.2. The zero-order valence-corrected chi connectivity index (χ0v) is 15.7. The van der Waals surface area contributed by atoms with E-state index < -0.39 is 17.5 Å². The number of anilines is 2. The third kappa shape index (κ3) is 3.81. The number of carbonyl (C=O) groups is 1. The van der Waals surface area contributed by atoms with Gasteiger partial charge in [0, 0.05) is 31.0 Å². The van der Waals surface area contributed by atoms with E-state index >= 15 is 0 Å². The fourth-order valence-corrected chi connectivity index (χ4v) is 3.21. The highest BCUT2D eigenvalue weighted by molar-refractivity contribution is 6.05. The number of hydrogen-bond acceptors (Lipinski definition) is 5. The lowest BCUT2D eigenvalue weighted by Crippen LogP contribution is -2.37. The van der Waals surface area contributed by atoms with Gasteiger partial charge in [-0.05, 0) is 31.2 Å². The van der Waals surface area contributed by atoms with Gasteiger partial charge in [0.15, 0.2) is 23.1 Å². The summed E-state index contributed by atoms with van der Waals surface area (Å²) in [5.74, 6) is -1.37. The van der Waals surface area contributed by atoms with Crippen molar-refractivity contribution in [1.82, 2.24) is 14.8 Å². The quantitative estimate of drug-likeness (QED) is 0.730. The molecule has 0 unspecified atom stereocenters. The van der Waals surface area contributed by atoms with E-state index in [1.807, 2.05) is 4.90 Å². The second kappa shape index (κ2) is 7.96. The van der Waals surface area contributed by atoms with Gasteiger partial charge in [0.05, 0.1) is 18.9 Å². The minimum absolute atomic E-state index is 0.0735. The summed E-state index contributed by atoms with van der Waals surface area (Å²) in [5.41, 5.74) is 0.766. The van der Waals surface area contributed by atoms with Gasteiger partial charge in [-0.3, -0.25) is 4.79 Å². The van der Waals surface area contributed by atoms with Gasteiger partial charge < -0.3 is 15.0 Å². The lowest BCUT2D eigenvalue weighted by atomic mass is 10.2. The van der Waals surface area contributed by atoms with E-state index in [0.717, 1.165) is 16.8 Å². The van der Waals surface area contributed by atoms with Crippen LogP contribution in [-0.4, -0.2) is 47.0 Å². The first-order chi connectivity index (χ1) is 14.0. The molecule has 1 amide bonds. The molecule has 29 heavy (non-hydrogen) atoms. The van der Waals surface area contributed by atoms with Crippen LogP contribution in [0.25, 0.3) is 5.69 Å². The van der Waals surface area contributed by atoms with Crippen LogP contribution in [0.3, 0.4) is 0 Å². The second-order valence-corrected chi connectivity index (χ2v) is 6.60. The second-order valence-electron chi connectivity index (χ2n) is 6.60. The maximum Gasteiger partial charge on any atom is 0.276 e. The van der Waals surface area contributed by atoms with Gasteiger partial charge in [-0.25, -0.2) is 18.4 Å². The van der Waals surface area contributed by atoms with Crippen LogP contribution in [-0.2, 0) is 4.74 Å². The Morgan fingerprint density at radius 1 is 1.14 bits per heavy atom. The summed E-state index contributed by atoms with van der Waals surface area (Å²) >= 11 is 0. The molecule has 0 atom stereocenters. The molecule has 3 heterocycles. The molecule has 1 aliphatic rings. The average Bonchev–Trinajstić information content (AvgIpc) is 3.10. The smallest absolute Gasteiger partial charge is 0.276 e. The lowest BCUT2D eigenvalue weighted by molar-refractivity contribution is 0.102. The molecule has 0 aliphatic carbocycles. The Labute approximate surface area is 165 Å². The Morgan fingerprint density at radius 2 is 1.86 bits per heavy atom. The van der Waals surface area contributed by atoms with Crippen molar-refractivity contribution in [3.63, 3.8) is 0 Å². The van der Waals surface area contributed by atoms with E-state index in [1.54, 1.807) is 25.3 Å². The minimum Gasteiger partial charge on any atom is -0.378 e. The van der Waals surface area contributed by atoms with E-state index in [4.69, 9.17) is 4.74 Å². The number of carbonyl (C=O) groups excluding carboxylic acids is 1. The van der Waals surface area contributed by atoms with Crippen molar-refractivity contribution in [2.24, 2.45) is 0 Å².